The normalized spacial score (nSPS) is 21.5. The van der Waals surface area contributed by atoms with Crippen molar-refractivity contribution in [1.29, 1.82) is 0 Å². The fourth-order valence-electron chi connectivity index (χ4n) is 2.44. The Morgan fingerprint density at radius 1 is 1.10 bits per heavy atom. The second kappa shape index (κ2) is 5.01. The molecule has 106 valence electrons. The zero-order valence-electron chi connectivity index (χ0n) is 11.6. The number of hydrogen-bond acceptors (Lipinski definition) is 3. The van der Waals surface area contributed by atoms with E-state index in [0.29, 0.717) is 5.69 Å². The first kappa shape index (κ1) is 13.3. The highest BCUT2D eigenvalue weighted by atomic mass is 16.2. The van der Waals surface area contributed by atoms with E-state index in [-0.39, 0.29) is 12.5 Å². The summed E-state index contributed by atoms with van der Waals surface area (Å²) >= 11 is 0. The third kappa shape index (κ3) is 2.27. The molecule has 1 aromatic carbocycles. The molecule has 1 fully saturated rings. The maximum Gasteiger partial charge on any atom is 0.325 e. The predicted octanol–water partition coefficient (Wildman–Crippen LogP) is 2.05. The Morgan fingerprint density at radius 3 is 2.48 bits per heavy atom. The van der Waals surface area contributed by atoms with Crippen LogP contribution in [-0.2, 0) is 16.9 Å². The van der Waals surface area contributed by atoms with E-state index >= 15 is 0 Å². The minimum absolute atomic E-state index is 0.258. The summed E-state index contributed by atoms with van der Waals surface area (Å²) in [6.07, 6.45) is 1.61. The summed E-state index contributed by atoms with van der Waals surface area (Å²) in [6.45, 7) is 1.94. The van der Waals surface area contributed by atoms with Crippen LogP contribution in [-0.4, -0.2) is 21.8 Å². The third-order valence-corrected chi connectivity index (χ3v) is 3.64. The average molecular weight is 281 g/mol. The SMILES string of the molecule is C[C@]1(c2ccccn2)NC(=O)N(Cc2ccccc2)C1=O. The largest absolute Gasteiger partial charge is 0.325 e. The molecule has 5 heteroatoms. The topological polar surface area (TPSA) is 62.3 Å². The molecule has 1 N–H and O–H groups in total. The van der Waals surface area contributed by atoms with E-state index in [4.69, 9.17) is 0 Å². The molecule has 1 aliphatic heterocycles. The molecule has 0 spiro atoms. The van der Waals surface area contributed by atoms with Crippen molar-refractivity contribution in [3.8, 4) is 0 Å². The maximum absolute atomic E-state index is 12.6. The lowest BCUT2D eigenvalue weighted by molar-refractivity contribution is -0.131. The van der Waals surface area contributed by atoms with Crippen LogP contribution in [0.4, 0.5) is 4.79 Å². The standard InChI is InChI=1S/C16H15N3O2/c1-16(13-9-5-6-10-17-13)14(20)19(15(21)18-16)11-12-7-3-2-4-8-12/h2-10H,11H2,1H3,(H,18,21)/t16-/m1/s1. The van der Waals surface area contributed by atoms with Gasteiger partial charge in [0.15, 0.2) is 5.54 Å². The summed E-state index contributed by atoms with van der Waals surface area (Å²) in [5, 5.41) is 2.74. The second-order valence-corrected chi connectivity index (χ2v) is 5.15. The lowest BCUT2D eigenvalue weighted by Gasteiger charge is -2.20. The molecular formula is C16H15N3O2. The first-order chi connectivity index (χ1) is 10.1. The van der Waals surface area contributed by atoms with Crippen LogP contribution in [0.3, 0.4) is 0 Å². The van der Waals surface area contributed by atoms with Crippen molar-refractivity contribution in [2.75, 3.05) is 0 Å². The Morgan fingerprint density at radius 2 is 1.81 bits per heavy atom. The number of nitrogens with one attached hydrogen (secondary N) is 1. The first-order valence-electron chi connectivity index (χ1n) is 6.71. The van der Waals surface area contributed by atoms with Gasteiger partial charge in [0.25, 0.3) is 5.91 Å². The molecule has 1 aromatic heterocycles. The van der Waals surface area contributed by atoms with Crippen molar-refractivity contribution in [1.82, 2.24) is 15.2 Å². The fraction of sp³-hybridized carbons (Fsp3) is 0.188. The molecule has 3 rings (SSSR count). The highest BCUT2D eigenvalue weighted by molar-refractivity contribution is 6.06. The predicted molar refractivity (Wildman–Crippen MR) is 77.1 cm³/mol. The van der Waals surface area contributed by atoms with Gasteiger partial charge in [0.05, 0.1) is 12.2 Å². The molecule has 0 saturated carbocycles. The van der Waals surface area contributed by atoms with Crippen molar-refractivity contribution < 1.29 is 9.59 Å². The van der Waals surface area contributed by atoms with E-state index < -0.39 is 11.6 Å². The van der Waals surface area contributed by atoms with Crippen molar-refractivity contribution in [2.24, 2.45) is 0 Å². The first-order valence-corrected chi connectivity index (χ1v) is 6.71. The number of benzene rings is 1. The molecule has 1 saturated heterocycles. The highest BCUT2D eigenvalue weighted by Crippen LogP contribution is 2.28. The van der Waals surface area contributed by atoms with Gasteiger partial charge in [0.1, 0.15) is 0 Å². The number of carbonyl (C=O) groups excluding carboxylic acids is 2. The van der Waals surface area contributed by atoms with Gasteiger partial charge in [-0.3, -0.25) is 14.7 Å². The van der Waals surface area contributed by atoms with Crippen molar-refractivity contribution in [2.45, 2.75) is 19.0 Å². The summed E-state index contributed by atoms with van der Waals surface area (Å²) in [7, 11) is 0. The van der Waals surface area contributed by atoms with Crippen LogP contribution in [0.5, 0.6) is 0 Å². The summed E-state index contributed by atoms with van der Waals surface area (Å²) in [5.41, 5.74) is 0.345. The number of amides is 3. The van der Waals surface area contributed by atoms with Crippen LogP contribution in [0.25, 0.3) is 0 Å². The zero-order chi connectivity index (χ0) is 14.9. The average Bonchev–Trinajstić information content (AvgIpc) is 2.74. The van der Waals surface area contributed by atoms with Gasteiger partial charge in [-0.25, -0.2) is 4.79 Å². The van der Waals surface area contributed by atoms with Crippen molar-refractivity contribution >= 4 is 11.9 Å². The number of urea groups is 1. The van der Waals surface area contributed by atoms with Gasteiger partial charge < -0.3 is 5.32 Å². The number of pyridine rings is 1. The van der Waals surface area contributed by atoms with Crippen LogP contribution >= 0.6 is 0 Å². The van der Waals surface area contributed by atoms with Gasteiger partial charge in [0.2, 0.25) is 0 Å². The van der Waals surface area contributed by atoms with E-state index in [9.17, 15) is 9.59 Å². The number of carbonyl (C=O) groups is 2. The summed E-state index contributed by atoms with van der Waals surface area (Å²) in [4.78, 5) is 30.2. The Bertz CT molecular complexity index is 672. The summed E-state index contributed by atoms with van der Waals surface area (Å²) in [6, 6.07) is 14.4. The molecule has 1 aliphatic rings. The molecule has 1 atom stereocenters. The van der Waals surface area contributed by atoms with E-state index in [0.717, 1.165) is 5.56 Å². The lowest BCUT2D eigenvalue weighted by atomic mass is 9.97. The fourth-order valence-corrected chi connectivity index (χ4v) is 2.44. The van der Waals surface area contributed by atoms with E-state index in [1.807, 2.05) is 30.3 Å². The minimum Gasteiger partial charge on any atom is -0.318 e. The van der Waals surface area contributed by atoms with E-state index in [1.54, 1.807) is 31.3 Å². The highest BCUT2D eigenvalue weighted by Gasteiger charge is 2.49. The number of aromatic nitrogens is 1. The minimum atomic E-state index is -1.10. The molecule has 0 aliphatic carbocycles. The maximum atomic E-state index is 12.6. The number of imide groups is 1. The number of nitrogens with zero attached hydrogens (tertiary/aromatic N) is 2. The van der Waals surface area contributed by atoms with Gasteiger partial charge in [-0.05, 0) is 24.6 Å². The summed E-state index contributed by atoms with van der Waals surface area (Å²) in [5.74, 6) is -0.282. The Labute approximate surface area is 122 Å². The zero-order valence-corrected chi connectivity index (χ0v) is 11.6. The molecule has 3 amide bonds. The second-order valence-electron chi connectivity index (χ2n) is 5.15. The van der Waals surface area contributed by atoms with Crippen LogP contribution in [0.1, 0.15) is 18.2 Å². The van der Waals surface area contributed by atoms with Gasteiger partial charge in [-0.2, -0.15) is 0 Å². The molecule has 21 heavy (non-hydrogen) atoms. The summed E-state index contributed by atoms with van der Waals surface area (Å²) < 4.78 is 0. The van der Waals surface area contributed by atoms with Gasteiger partial charge in [0, 0.05) is 6.20 Å². The van der Waals surface area contributed by atoms with E-state index in [1.165, 1.54) is 4.90 Å². The van der Waals surface area contributed by atoms with Crippen LogP contribution in [0, 0.1) is 0 Å². The van der Waals surface area contributed by atoms with Crippen molar-refractivity contribution in [3.05, 3.63) is 66.0 Å². The molecule has 0 radical (unpaired) electrons. The van der Waals surface area contributed by atoms with Crippen LogP contribution < -0.4 is 5.32 Å². The molecule has 0 bridgehead atoms. The Balaban J connectivity index is 1.89. The molecule has 2 heterocycles. The van der Waals surface area contributed by atoms with Gasteiger partial charge in [-0.1, -0.05) is 36.4 Å². The van der Waals surface area contributed by atoms with Gasteiger partial charge >= 0.3 is 6.03 Å². The molecule has 5 nitrogen and oxygen atoms in total. The molecule has 0 unspecified atom stereocenters. The number of rotatable bonds is 3. The van der Waals surface area contributed by atoms with Crippen molar-refractivity contribution in [3.63, 3.8) is 0 Å². The monoisotopic (exact) mass is 281 g/mol. The smallest absolute Gasteiger partial charge is 0.318 e. The Hall–Kier alpha value is -2.69. The quantitative estimate of drug-likeness (QED) is 0.876. The lowest BCUT2D eigenvalue weighted by Crippen LogP contribution is -2.41. The van der Waals surface area contributed by atoms with Crippen LogP contribution in [0.15, 0.2) is 54.7 Å². The van der Waals surface area contributed by atoms with Gasteiger partial charge in [-0.15, -0.1) is 0 Å². The molecule has 2 aromatic rings. The number of hydrogen-bond donors (Lipinski definition) is 1. The van der Waals surface area contributed by atoms with Crippen LogP contribution in [0.2, 0.25) is 0 Å². The molecular weight excluding hydrogens is 266 g/mol. The third-order valence-electron chi connectivity index (χ3n) is 3.64. The Kier molecular flexibility index (Phi) is 3.17. The van der Waals surface area contributed by atoms with E-state index in [2.05, 4.69) is 10.3 Å².